The van der Waals surface area contributed by atoms with Crippen LogP contribution in [0.4, 0.5) is 0 Å². The summed E-state index contributed by atoms with van der Waals surface area (Å²) in [6, 6.07) is 3.72. The molecular weight excluding hydrogens is 232 g/mol. The molecule has 2 N–H and O–H groups in total. The van der Waals surface area contributed by atoms with Crippen LogP contribution in [0.2, 0.25) is 0 Å². The van der Waals surface area contributed by atoms with Crippen LogP contribution in [0.5, 0.6) is 11.5 Å². The van der Waals surface area contributed by atoms with Gasteiger partial charge in [-0.25, -0.2) is 0 Å². The fourth-order valence-electron chi connectivity index (χ4n) is 2.59. The average molecular weight is 252 g/mol. The summed E-state index contributed by atoms with van der Waals surface area (Å²) in [4.78, 5) is 0. The van der Waals surface area contributed by atoms with Crippen LogP contribution in [0.25, 0.3) is 0 Å². The molecule has 2 rings (SSSR count). The summed E-state index contributed by atoms with van der Waals surface area (Å²) < 4.78 is 10.7. The Labute approximate surface area is 107 Å². The Morgan fingerprint density at radius 2 is 1.72 bits per heavy atom. The van der Waals surface area contributed by atoms with Crippen molar-refractivity contribution in [2.75, 3.05) is 14.2 Å². The lowest BCUT2D eigenvalue weighted by Gasteiger charge is -2.36. The molecule has 0 fully saturated rings. The summed E-state index contributed by atoms with van der Waals surface area (Å²) in [6.45, 7) is 1.62. The third kappa shape index (κ3) is 2.06. The molecule has 0 heterocycles. The summed E-state index contributed by atoms with van der Waals surface area (Å²) in [5.41, 5.74) is 0.931. The van der Waals surface area contributed by atoms with Gasteiger partial charge in [-0.05, 0) is 31.9 Å². The standard InChI is InChI=1S/C14H20O4/c1-9(15)14(16)7-6-10-11(8-14)13(18-3)5-4-12(10)17-2/h4-5,9,15-16H,6-8H2,1-3H3. The van der Waals surface area contributed by atoms with E-state index < -0.39 is 11.7 Å². The highest BCUT2D eigenvalue weighted by molar-refractivity contribution is 5.51. The summed E-state index contributed by atoms with van der Waals surface area (Å²) >= 11 is 0. The first-order valence-electron chi connectivity index (χ1n) is 6.15. The fraction of sp³-hybridized carbons (Fsp3) is 0.571. The van der Waals surface area contributed by atoms with E-state index in [0.717, 1.165) is 22.6 Å². The minimum atomic E-state index is -1.08. The smallest absolute Gasteiger partial charge is 0.122 e. The van der Waals surface area contributed by atoms with Crippen molar-refractivity contribution in [2.24, 2.45) is 0 Å². The first kappa shape index (κ1) is 13.2. The summed E-state index contributed by atoms with van der Waals surface area (Å²) in [7, 11) is 3.25. The minimum absolute atomic E-state index is 0.389. The predicted octanol–water partition coefficient (Wildman–Crippen LogP) is 1.30. The number of hydrogen-bond acceptors (Lipinski definition) is 4. The van der Waals surface area contributed by atoms with Gasteiger partial charge in [0.25, 0.3) is 0 Å². The van der Waals surface area contributed by atoms with E-state index in [1.165, 1.54) is 0 Å². The average Bonchev–Trinajstić information content (AvgIpc) is 2.37. The molecule has 0 amide bonds. The molecule has 0 saturated heterocycles. The molecular formula is C14H20O4. The number of aliphatic hydroxyl groups is 2. The zero-order valence-corrected chi connectivity index (χ0v) is 11.1. The summed E-state index contributed by atoms with van der Waals surface area (Å²) in [5, 5.41) is 20.2. The molecule has 4 nitrogen and oxygen atoms in total. The number of hydrogen-bond donors (Lipinski definition) is 2. The monoisotopic (exact) mass is 252 g/mol. The van der Waals surface area contributed by atoms with Gasteiger partial charge in [-0.15, -0.1) is 0 Å². The maximum absolute atomic E-state index is 10.4. The Morgan fingerprint density at radius 1 is 1.17 bits per heavy atom. The Morgan fingerprint density at radius 3 is 2.22 bits per heavy atom. The largest absolute Gasteiger partial charge is 0.496 e. The quantitative estimate of drug-likeness (QED) is 0.851. The molecule has 0 aromatic heterocycles. The highest BCUT2D eigenvalue weighted by Crippen LogP contribution is 2.40. The first-order valence-corrected chi connectivity index (χ1v) is 6.15. The van der Waals surface area contributed by atoms with Gasteiger partial charge in [0.05, 0.1) is 25.9 Å². The fourth-order valence-corrected chi connectivity index (χ4v) is 2.59. The van der Waals surface area contributed by atoms with Crippen molar-refractivity contribution in [3.8, 4) is 11.5 Å². The number of aliphatic hydroxyl groups excluding tert-OH is 1. The van der Waals surface area contributed by atoms with Crippen LogP contribution >= 0.6 is 0 Å². The summed E-state index contributed by atoms with van der Waals surface area (Å²) in [5.74, 6) is 1.56. The maximum Gasteiger partial charge on any atom is 0.122 e. The van der Waals surface area contributed by atoms with Gasteiger partial charge >= 0.3 is 0 Å². The molecule has 1 aliphatic rings. The van der Waals surface area contributed by atoms with Crippen LogP contribution in [-0.4, -0.2) is 36.1 Å². The van der Waals surface area contributed by atoms with E-state index in [-0.39, 0.29) is 0 Å². The minimum Gasteiger partial charge on any atom is -0.496 e. The number of fused-ring (bicyclic) bond motifs is 1. The van der Waals surface area contributed by atoms with Gasteiger partial charge in [-0.2, -0.15) is 0 Å². The van der Waals surface area contributed by atoms with E-state index >= 15 is 0 Å². The maximum atomic E-state index is 10.4. The molecule has 100 valence electrons. The van der Waals surface area contributed by atoms with Crippen molar-refractivity contribution in [1.29, 1.82) is 0 Å². The zero-order valence-electron chi connectivity index (χ0n) is 11.1. The van der Waals surface area contributed by atoms with E-state index in [0.29, 0.717) is 19.3 Å². The number of benzene rings is 1. The van der Waals surface area contributed by atoms with Crippen LogP contribution < -0.4 is 9.47 Å². The second-order valence-corrected chi connectivity index (χ2v) is 4.88. The highest BCUT2D eigenvalue weighted by Gasteiger charge is 2.38. The number of rotatable bonds is 3. The van der Waals surface area contributed by atoms with Crippen LogP contribution in [0.15, 0.2) is 12.1 Å². The van der Waals surface area contributed by atoms with Gasteiger partial charge in [0.2, 0.25) is 0 Å². The third-order valence-corrected chi connectivity index (χ3v) is 3.85. The van der Waals surface area contributed by atoms with Gasteiger partial charge < -0.3 is 19.7 Å². The lowest BCUT2D eigenvalue weighted by molar-refractivity contribution is -0.0748. The molecule has 2 atom stereocenters. The predicted molar refractivity (Wildman–Crippen MR) is 68.2 cm³/mol. The molecule has 1 aromatic carbocycles. The Bertz CT molecular complexity index is 442. The Kier molecular flexibility index (Phi) is 3.50. The van der Waals surface area contributed by atoms with Crippen molar-refractivity contribution in [3.05, 3.63) is 23.3 Å². The van der Waals surface area contributed by atoms with E-state index in [2.05, 4.69) is 0 Å². The Balaban J connectivity index is 2.47. The molecule has 2 unspecified atom stereocenters. The third-order valence-electron chi connectivity index (χ3n) is 3.85. The van der Waals surface area contributed by atoms with Crippen LogP contribution in [0, 0.1) is 0 Å². The van der Waals surface area contributed by atoms with E-state index in [9.17, 15) is 10.2 Å². The van der Waals surface area contributed by atoms with Crippen molar-refractivity contribution < 1.29 is 19.7 Å². The van der Waals surface area contributed by atoms with E-state index in [4.69, 9.17) is 9.47 Å². The topological polar surface area (TPSA) is 58.9 Å². The highest BCUT2D eigenvalue weighted by atomic mass is 16.5. The molecule has 1 aromatic rings. The van der Waals surface area contributed by atoms with Crippen molar-refractivity contribution in [2.45, 2.75) is 37.9 Å². The second-order valence-electron chi connectivity index (χ2n) is 4.88. The molecule has 1 aliphatic carbocycles. The van der Waals surface area contributed by atoms with Crippen LogP contribution in [0.3, 0.4) is 0 Å². The van der Waals surface area contributed by atoms with Crippen molar-refractivity contribution in [3.63, 3.8) is 0 Å². The molecule has 18 heavy (non-hydrogen) atoms. The zero-order chi connectivity index (χ0) is 13.3. The van der Waals surface area contributed by atoms with Gasteiger partial charge in [-0.1, -0.05) is 0 Å². The molecule has 0 saturated carbocycles. The van der Waals surface area contributed by atoms with Crippen molar-refractivity contribution in [1.82, 2.24) is 0 Å². The van der Waals surface area contributed by atoms with Crippen molar-refractivity contribution >= 4 is 0 Å². The lowest BCUT2D eigenvalue weighted by atomic mass is 9.77. The van der Waals surface area contributed by atoms with E-state index in [1.807, 2.05) is 12.1 Å². The molecule has 0 radical (unpaired) electrons. The van der Waals surface area contributed by atoms with Gasteiger partial charge in [0.1, 0.15) is 11.5 Å². The number of ether oxygens (including phenoxy) is 2. The van der Waals surface area contributed by atoms with Gasteiger partial charge in [0.15, 0.2) is 0 Å². The second kappa shape index (κ2) is 4.78. The summed E-state index contributed by atoms with van der Waals surface area (Å²) in [6.07, 6.45) is 0.833. The normalized spacial score (nSPS) is 24.3. The van der Waals surface area contributed by atoms with E-state index in [1.54, 1.807) is 21.1 Å². The molecule has 0 bridgehead atoms. The van der Waals surface area contributed by atoms with Crippen LogP contribution in [0.1, 0.15) is 24.5 Å². The van der Waals surface area contributed by atoms with Crippen LogP contribution in [-0.2, 0) is 12.8 Å². The van der Waals surface area contributed by atoms with Gasteiger partial charge in [-0.3, -0.25) is 0 Å². The Hall–Kier alpha value is -1.26. The first-order chi connectivity index (χ1) is 8.51. The number of methoxy groups -OCH3 is 2. The molecule has 0 spiro atoms. The lowest BCUT2D eigenvalue weighted by Crippen LogP contribution is -2.45. The SMILES string of the molecule is COc1ccc(OC)c2c1CCC(O)(C(C)O)C2. The molecule has 0 aliphatic heterocycles. The van der Waals surface area contributed by atoms with Gasteiger partial charge in [0, 0.05) is 17.5 Å². The molecule has 4 heteroatoms.